The molecule has 5 nitrogen and oxygen atoms in total. The summed E-state index contributed by atoms with van der Waals surface area (Å²) in [5.74, 6) is -2.09. The molecule has 29 heavy (non-hydrogen) atoms. The summed E-state index contributed by atoms with van der Waals surface area (Å²) in [6, 6.07) is 8.13. The summed E-state index contributed by atoms with van der Waals surface area (Å²) in [6.07, 6.45) is 4.71. The van der Waals surface area contributed by atoms with Gasteiger partial charge < -0.3 is 15.4 Å². The minimum Gasteiger partial charge on any atom is -0.481 e. The Bertz CT molecular complexity index is 901. The Kier molecular flexibility index (Phi) is 7.19. The molecule has 2 amide bonds. The topological polar surface area (TPSA) is 67.4 Å². The maximum atomic E-state index is 14.1. The molecule has 1 saturated carbocycles. The van der Waals surface area contributed by atoms with Crippen LogP contribution in [-0.4, -0.2) is 18.4 Å². The molecule has 0 unspecified atom stereocenters. The molecule has 0 spiro atoms. The minimum absolute atomic E-state index is 0.0123. The summed E-state index contributed by atoms with van der Waals surface area (Å²) in [6.45, 7) is -0.417. The van der Waals surface area contributed by atoms with Crippen LogP contribution in [0.1, 0.15) is 32.1 Å². The van der Waals surface area contributed by atoms with Gasteiger partial charge in [-0.15, -0.1) is 0 Å². The van der Waals surface area contributed by atoms with E-state index in [1.165, 1.54) is 30.3 Å². The standard InChI is InChI=1S/C21H21BrF2N2O3/c22-14-6-9-19(17(24)10-14)29-12-20(27)25-15-7-8-16(23)18(11-15)26-21(28)13-4-2-1-3-5-13/h6-11,13H,1-5,12H2,(H,25,27)(H,26,28). The summed E-state index contributed by atoms with van der Waals surface area (Å²) >= 11 is 3.14. The van der Waals surface area contributed by atoms with Gasteiger partial charge in [0.1, 0.15) is 5.82 Å². The van der Waals surface area contributed by atoms with E-state index in [0.29, 0.717) is 10.2 Å². The number of rotatable bonds is 6. The Labute approximate surface area is 176 Å². The fourth-order valence-corrected chi connectivity index (χ4v) is 3.56. The van der Waals surface area contributed by atoms with Gasteiger partial charge in [0.2, 0.25) is 5.91 Å². The second kappa shape index (κ2) is 9.82. The molecule has 2 N–H and O–H groups in total. The minimum atomic E-state index is -0.596. The molecule has 0 aromatic heterocycles. The highest BCUT2D eigenvalue weighted by molar-refractivity contribution is 9.10. The fraction of sp³-hybridized carbons (Fsp3) is 0.333. The van der Waals surface area contributed by atoms with Crippen molar-refractivity contribution in [3.8, 4) is 5.75 Å². The van der Waals surface area contributed by atoms with Gasteiger partial charge in [-0.2, -0.15) is 0 Å². The number of nitrogens with one attached hydrogen (secondary N) is 2. The first kappa shape index (κ1) is 21.2. The zero-order valence-corrected chi connectivity index (χ0v) is 17.2. The van der Waals surface area contributed by atoms with Crippen molar-refractivity contribution >= 4 is 39.1 Å². The van der Waals surface area contributed by atoms with Gasteiger partial charge >= 0.3 is 0 Å². The van der Waals surface area contributed by atoms with Gasteiger partial charge in [0.05, 0.1) is 5.69 Å². The molecule has 0 radical (unpaired) electrons. The normalized spacial score (nSPS) is 14.3. The van der Waals surface area contributed by atoms with E-state index in [1.807, 2.05) is 0 Å². The first-order valence-corrected chi connectivity index (χ1v) is 10.2. The predicted molar refractivity (Wildman–Crippen MR) is 110 cm³/mol. The van der Waals surface area contributed by atoms with Gasteiger partial charge in [0.15, 0.2) is 18.2 Å². The van der Waals surface area contributed by atoms with Crippen LogP contribution in [0.2, 0.25) is 0 Å². The second-order valence-electron chi connectivity index (χ2n) is 6.93. The maximum absolute atomic E-state index is 14.1. The molecule has 8 heteroatoms. The van der Waals surface area contributed by atoms with E-state index in [9.17, 15) is 18.4 Å². The zero-order chi connectivity index (χ0) is 20.8. The van der Waals surface area contributed by atoms with Crippen LogP contribution < -0.4 is 15.4 Å². The third kappa shape index (κ3) is 6.00. The number of carbonyl (C=O) groups is 2. The van der Waals surface area contributed by atoms with E-state index in [2.05, 4.69) is 26.6 Å². The summed E-state index contributed by atoms with van der Waals surface area (Å²) in [5, 5.41) is 5.16. The van der Waals surface area contributed by atoms with Gasteiger partial charge in [-0.3, -0.25) is 9.59 Å². The molecule has 3 rings (SSSR count). The number of benzene rings is 2. The lowest BCUT2D eigenvalue weighted by Crippen LogP contribution is -2.25. The SMILES string of the molecule is O=C(COc1ccc(Br)cc1F)Nc1ccc(F)c(NC(=O)C2CCCCC2)c1. The molecule has 0 saturated heterocycles. The van der Waals surface area contributed by atoms with Crippen molar-refractivity contribution in [1.29, 1.82) is 0 Å². The zero-order valence-electron chi connectivity index (χ0n) is 15.6. The Morgan fingerprint density at radius 1 is 1.00 bits per heavy atom. The van der Waals surface area contributed by atoms with Crippen molar-refractivity contribution in [2.75, 3.05) is 17.2 Å². The number of halogens is 3. The van der Waals surface area contributed by atoms with Crippen molar-refractivity contribution < 1.29 is 23.1 Å². The smallest absolute Gasteiger partial charge is 0.262 e. The summed E-state index contributed by atoms with van der Waals surface area (Å²) in [4.78, 5) is 24.4. The van der Waals surface area contributed by atoms with Gasteiger partial charge in [0, 0.05) is 16.1 Å². The van der Waals surface area contributed by atoms with E-state index in [4.69, 9.17) is 4.74 Å². The van der Waals surface area contributed by atoms with Crippen molar-refractivity contribution in [1.82, 2.24) is 0 Å². The molecule has 0 bridgehead atoms. The lowest BCUT2D eigenvalue weighted by atomic mass is 9.88. The van der Waals surface area contributed by atoms with Crippen LogP contribution in [-0.2, 0) is 9.59 Å². The molecular formula is C21H21BrF2N2O3. The summed E-state index contributed by atoms with van der Waals surface area (Å²) in [7, 11) is 0. The van der Waals surface area contributed by atoms with Crippen LogP contribution in [0.4, 0.5) is 20.2 Å². The average molecular weight is 467 g/mol. The number of anilines is 2. The number of ether oxygens (including phenoxy) is 1. The number of amides is 2. The lowest BCUT2D eigenvalue weighted by molar-refractivity contribution is -0.120. The molecule has 2 aromatic rings. The second-order valence-corrected chi connectivity index (χ2v) is 7.85. The largest absolute Gasteiger partial charge is 0.481 e. The first-order chi connectivity index (χ1) is 13.9. The molecule has 154 valence electrons. The average Bonchev–Trinajstić information content (AvgIpc) is 2.70. The lowest BCUT2D eigenvalue weighted by Gasteiger charge is -2.21. The van der Waals surface area contributed by atoms with Gasteiger partial charge in [-0.05, 0) is 49.2 Å². The molecule has 1 aliphatic rings. The monoisotopic (exact) mass is 466 g/mol. The van der Waals surface area contributed by atoms with E-state index in [1.54, 1.807) is 6.07 Å². The summed E-state index contributed by atoms with van der Waals surface area (Å²) < 4.78 is 33.5. The number of hydrogen-bond donors (Lipinski definition) is 2. The molecule has 0 heterocycles. The highest BCUT2D eigenvalue weighted by Crippen LogP contribution is 2.27. The summed E-state index contributed by atoms with van der Waals surface area (Å²) in [5.41, 5.74) is 0.313. The Morgan fingerprint density at radius 3 is 2.48 bits per heavy atom. The van der Waals surface area contributed by atoms with E-state index in [0.717, 1.165) is 32.1 Å². The van der Waals surface area contributed by atoms with Crippen molar-refractivity contribution in [2.24, 2.45) is 5.92 Å². The van der Waals surface area contributed by atoms with Gasteiger partial charge in [-0.1, -0.05) is 35.2 Å². The number of hydrogen-bond acceptors (Lipinski definition) is 3. The molecule has 0 aliphatic heterocycles. The molecule has 1 aliphatic carbocycles. The molecule has 2 aromatic carbocycles. The maximum Gasteiger partial charge on any atom is 0.262 e. The van der Waals surface area contributed by atoms with Crippen LogP contribution in [0.15, 0.2) is 40.9 Å². The van der Waals surface area contributed by atoms with E-state index >= 15 is 0 Å². The first-order valence-electron chi connectivity index (χ1n) is 9.40. The third-order valence-electron chi connectivity index (χ3n) is 4.74. The highest BCUT2D eigenvalue weighted by atomic mass is 79.9. The molecule has 0 atom stereocenters. The Hall–Kier alpha value is -2.48. The van der Waals surface area contributed by atoms with E-state index < -0.39 is 24.1 Å². The highest BCUT2D eigenvalue weighted by Gasteiger charge is 2.22. The van der Waals surface area contributed by atoms with Crippen molar-refractivity contribution in [3.05, 3.63) is 52.5 Å². The number of carbonyl (C=O) groups excluding carboxylic acids is 2. The van der Waals surface area contributed by atoms with E-state index in [-0.39, 0.29) is 23.3 Å². The van der Waals surface area contributed by atoms with Crippen LogP contribution in [0.25, 0.3) is 0 Å². The third-order valence-corrected chi connectivity index (χ3v) is 5.23. The van der Waals surface area contributed by atoms with Crippen LogP contribution in [0.3, 0.4) is 0 Å². The van der Waals surface area contributed by atoms with Crippen molar-refractivity contribution in [3.63, 3.8) is 0 Å². The quantitative estimate of drug-likeness (QED) is 0.609. The van der Waals surface area contributed by atoms with Crippen LogP contribution in [0, 0.1) is 17.6 Å². The van der Waals surface area contributed by atoms with Gasteiger partial charge in [0.25, 0.3) is 5.91 Å². The van der Waals surface area contributed by atoms with Crippen LogP contribution >= 0.6 is 15.9 Å². The predicted octanol–water partition coefficient (Wildman–Crippen LogP) is 5.26. The Morgan fingerprint density at radius 2 is 1.76 bits per heavy atom. The van der Waals surface area contributed by atoms with Crippen LogP contribution in [0.5, 0.6) is 5.75 Å². The Balaban J connectivity index is 1.58. The van der Waals surface area contributed by atoms with Crippen molar-refractivity contribution in [2.45, 2.75) is 32.1 Å². The molecule has 1 fully saturated rings. The molecular weight excluding hydrogens is 446 g/mol. The fourth-order valence-electron chi connectivity index (χ4n) is 3.23. The van der Waals surface area contributed by atoms with Gasteiger partial charge in [-0.25, -0.2) is 8.78 Å².